The monoisotopic (exact) mass is 451 g/mol. The van der Waals surface area contributed by atoms with E-state index >= 15 is 0 Å². The minimum absolute atomic E-state index is 0.0678. The first-order chi connectivity index (χ1) is 15.6. The summed E-state index contributed by atoms with van der Waals surface area (Å²) in [6.45, 7) is 0.752. The molecule has 0 radical (unpaired) electrons. The first-order valence-electron chi connectivity index (χ1n) is 10.0. The number of hydrogen-bond acceptors (Lipinski definition) is 5. The molecule has 9 heteroatoms. The number of carbonyl (C=O) groups is 1. The van der Waals surface area contributed by atoms with Crippen LogP contribution < -0.4 is 14.4 Å². The third-order valence-corrected chi connectivity index (χ3v) is 6.34. The molecule has 32 heavy (non-hydrogen) atoms. The summed E-state index contributed by atoms with van der Waals surface area (Å²) in [4.78, 5) is 16.3. The fraction of sp³-hybridized carbons (Fsp3) is 0.130. The number of amides is 1. The van der Waals surface area contributed by atoms with Crippen molar-refractivity contribution in [3.05, 3.63) is 96.6 Å². The van der Waals surface area contributed by atoms with Crippen molar-refractivity contribution < 1.29 is 23.1 Å². The SMILES string of the molecule is O=C(/N=C1/NCCN1P(=O)(Oc1ccccc1)Oc1ccccc1)OCc1ccccc1. The molecule has 1 amide bonds. The number of ether oxygens (including phenoxy) is 1. The lowest BCUT2D eigenvalue weighted by Gasteiger charge is -2.27. The third kappa shape index (κ3) is 5.47. The Kier molecular flexibility index (Phi) is 6.72. The van der Waals surface area contributed by atoms with Crippen molar-refractivity contribution in [1.82, 2.24) is 9.99 Å². The minimum Gasteiger partial charge on any atom is -0.443 e. The van der Waals surface area contributed by atoms with Gasteiger partial charge in [0.15, 0.2) is 0 Å². The molecule has 0 aliphatic carbocycles. The molecule has 0 atom stereocenters. The molecular weight excluding hydrogens is 429 g/mol. The maximum atomic E-state index is 13.9. The third-order valence-electron chi connectivity index (χ3n) is 4.48. The van der Waals surface area contributed by atoms with Gasteiger partial charge < -0.3 is 19.1 Å². The molecule has 1 aliphatic rings. The summed E-state index contributed by atoms with van der Waals surface area (Å²) in [6, 6.07) is 26.7. The number of hydrogen-bond donors (Lipinski definition) is 1. The molecule has 1 fully saturated rings. The molecule has 1 heterocycles. The van der Waals surface area contributed by atoms with Crippen LogP contribution in [0.2, 0.25) is 0 Å². The number of carbonyl (C=O) groups excluding carboxylic acids is 1. The lowest BCUT2D eigenvalue weighted by molar-refractivity contribution is 0.150. The van der Waals surface area contributed by atoms with E-state index in [9.17, 15) is 9.36 Å². The van der Waals surface area contributed by atoms with Gasteiger partial charge in [0.1, 0.15) is 18.1 Å². The van der Waals surface area contributed by atoms with E-state index in [0.29, 0.717) is 18.0 Å². The molecule has 0 unspecified atom stereocenters. The van der Waals surface area contributed by atoms with Crippen molar-refractivity contribution in [2.45, 2.75) is 6.61 Å². The van der Waals surface area contributed by atoms with Crippen LogP contribution in [0.4, 0.5) is 4.79 Å². The Balaban J connectivity index is 1.55. The molecule has 8 nitrogen and oxygen atoms in total. The minimum atomic E-state index is -3.97. The molecule has 164 valence electrons. The summed E-state index contributed by atoms with van der Waals surface area (Å²) < 4.78 is 32.1. The van der Waals surface area contributed by atoms with Crippen LogP contribution in [-0.4, -0.2) is 29.8 Å². The summed E-state index contributed by atoms with van der Waals surface area (Å²) in [5.41, 5.74) is 0.836. The molecule has 1 aliphatic heterocycles. The van der Waals surface area contributed by atoms with Gasteiger partial charge in [-0.3, -0.25) is 0 Å². The Bertz CT molecular complexity index is 1060. The van der Waals surface area contributed by atoms with E-state index in [-0.39, 0.29) is 19.1 Å². The van der Waals surface area contributed by atoms with Gasteiger partial charge in [-0.2, -0.15) is 0 Å². The normalized spacial score (nSPS) is 14.6. The van der Waals surface area contributed by atoms with Crippen molar-refractivity contribution >= 4 is 19.8 Å². The van der Waals surface area contributed by atoms with E-state index in [0.717, 1.165) is 5.56 Å². The Hall–Kier alpha value is -3.77. The lowest BCUT2D eigenvalue weighted by atomic mass is 10.2. The van der Waals surface area contributed by atoms with Crippen molar-refractivity contribution in [3.63, 3.8) is 0 Å². The smallest absolute Gasteiger partial charge is 0.443 e. The Labute approximate surface area is 186 Å². The van der Waals surface area contributed by atoms with E-state index in [4.69, 9.17) is 13.8 Å². The number of nitrogens with zero attached hydrogens (tertiary/aromatic N) is 2. The number of guanidine groups is 1. The van der Waals surface area contributed by atoms with Crippen LogP contribution >= 0.6 is 7.75 Å². The number of aliphatic imine (C=N–C) groups is 1. The van der Waals surface area contributed by atoms with Crippen molar-refractivity contribution in [2.75, 3.05) is 13.1 Å². The lowest BCUT2D eigenvalue weighted by Crippen LogP contribution is -2.32. The zero-order chi connectivity index (χ0) is 22.2. The summed E-state index contributed by atoms with van der Waals surface area (Å²) >= 11 is 0. The highest BCUT2D eigenvalue weighted by Gasteiger charge is 2.43. The number of rotatable bonds is 7. The summed E-state index contributed by atoms with van der Waals surface area (Å²) in [6.07, 6.45) is -0.811. The van der Waals surface area contributed by atoms with E-state index in [1.165, 1.54) is 4.67 Å². The quantitative estimate of drug-likeness (QED) is 0.514. The van der Waals surface area contributed by atoms with Gasteiger partial charge in [-0.25, -0.2) is 14.0 Å². The number of nitrogens with one attached hydrogen (secondary N) is 1. The Morgan fingerprint density at radius 3 is 1.97 bits per heavy atom. The second kappa shape index (κ2) is 10.0. The number of benzene rings is 3. The van der Waals surface area contributed by atoms with Gasteiger partial charge in [0.05, 0.1) is 6.54 Å². The van der Waals surface area contributed by atoms with Crippen molar-refractivity contribution in [2.24, 2.45) is 4.99 Å². The van der Waals surface area contributed by atoms with Crippen LogP contribution in [0.1, 0.15) is 5.56 Å². The van der Waals surface area contributed by atoms with E-state index in [1.807, 2.05) is 42.5 Å². The van der Waals surface area contributed by atoms with E-state index in [1.54, 1.807) is 48.5 Å². The van der Waals surface area contributed by atoms with Gasteiger partial charge in [0.25, 0.3) is 0 Å². The predicted octanol–water partition coefficient (Wildman–Crippen LogP) is 4.85. The molecule has 0 saturated carbocycles. The largest absolute Gasteiger partial charge is 0.546 e. The molecular formula is C23H22N3O5P. The van der Waals surface area contributed by atoms with Crippen LogP contribution in [0.25, 0.3) is 0 Å². The van der Waals surface area contributed by atoms with Gasteiger partial charge in [0, 0.05) is 6.54 Å². The second-order valence-corrected chi connectivity index (χ2v) is 8.59. The van der Waals surface area contributed by atoms with Crippen LogP contribution in [0.5, 0.6) is 11.5 Å². The Morgan fingerprint density at radius 1 is 0.875 bits per heavy atom. The molecule has 0 aromatic heterocycles. The van der Waals surface area contributed by atoms with Crippen molar-refractivity contribution in [3.8, 4) is 11.5 Å². The second-order valence-electron chi connectivity index (χ2n) is 6.80. The fourth-order valence-corrected chi connectivity index (χ4v) is 4.69. The van der Waals surface area contributed by atoms with Gasteiger partial charge >= 0.3 is 13.8 Å². The molecule has 1 saturated heterocycles. The maximum Gasteiger partial charge on any atom is 0.546 e. The zero-order valence-corrected chi connectivity index (χ0v) is 18.1. The molecule has 4 rings (SSSR count). The zero-order valence-electron chi connectivity index (χ0n) is 17.2. The highest BCUT2D eigenvalue weighted by atomic mass is 31.2. The summed E-state index contributed by atoms with van der Waals surface area (Å²) in [5, 5.41) is 2.96. The first kappa shape index (κ1) is 21.5. The van der Waals surface area contributed by atoms with Crippen LogP contribution in [0.15, 0.2) is 96.0 Å². The van der Waals surface area contributed by atoms with Gasteiger partial charge in [0.2, 0.25) is 5.96 Å². The van der Waals surface area contributed by atoms with Crippen LogP contribution in [-0.2, 0) is 15.9 Å². The molecule has 1 N–H and O–H groups in total. The van der Waals surface area contributed by atoms with Crippen LogP contribution in [0, 0.1) is 0 Å². The predicted molar refractivity (Wildman–Crippen MR) is 121 cm³/mol. The average Bonchev–Trinajstić information content (AvgIpc) is 3.29. The summed E-state index contributed by atoms with van der Waals surface area (Å²) in [5.74, 6) is 0.799. The van der Waals surface area contributed by atoms with Crippen molar-refractivity contribution in [1.29, 1.82) is 0 Å². The van der Waals surface area contributed by atoms with E-state index in [2.05, 4.69) is 10.3 Å². The molecule has 0 bridgehead atoms. The van der Waals surface area contributed by atoms with Crippen LogP contribution in [0.3, 0.4) is 0 Å². The molecule has 0 spiro atoms. The van der Waals surface area contributed by atoms with Gasteiger partial charge in [-0.05, 0) is 29.8 Å². The fourth-order valence-electron chi connectivity index (χ4n) is 2.99. The summed E-state index contributed by atoms with van der Waals surface area (Å²) in [7, 11) is -3.97. The highest BCUT2D eigenvalue weighted by molar-refractivity contribution is 7.53. The average molecular weight is 451 g/mol. The Morgan fingerprint density at radius 2 is 1.41 bits per heavy atom. The van der Waals surface area contributed by atoms with Gasteiger partial charge in [-0.15, -0.1) is 4.99 Å². The maximum absolute atomic E-state index is 13.9. The van der Waals surface area contributed by atoms with Gasteiger partial charge in [-0.1, -0.05) is 66.7 Å². The molecule has 3 aromatic rings. The first-order valence-corrected chi connectivity index (χ1v) is 11.5. The standard InChI is InChI=1S/C23H22N3O5P/c27-23(29-18-19-10-4-1-5-11-19)25-22-24-16-17-26(22)32(28,30-20-12-6-2-7-13-20)31-21-14-8-3-9-15-21/h1-15H,16-18H2,(H,24,25,27). The topological polar surface area (TPSA) is 89.5 Å². The highest BCUT2D eigenvalue weighted by Crippen LogP contribution is 2.52. The number of para-hydroxylation sites is 2. The van der Waals surface area contributed by atoms with E-state index < -0.39 is 13.8 Å². The molecule has 3 aromatic carbocycles.